The van der Waals surface area contributed by atoms with Crippen molar-refractivity contribution in [2.24, 2.45) is 5.73 Å². The predicted molar refractivity (Wildman–Crippen MR) is 63.8 cm³/mol. The molecule has 0 aliphatic rings. The molecule has 7 nitrogen and oxygen atoms in total. The second-order valence-electron chi connectivity index (χ2n) is 3.35. The number of hydrogen-bond donors (Lipinski definition) is 5. The average molecular weight is 264 g/mol. The molecule has 0 fully saturated rings. The number of benzene rings is 1. The summed E-state index contributed by atoms with van der Waals surface area (Å²) in [5, 5.41) is 8.83. The van der Waals surface area contributed by atoms with E-state index in [-0.39, 0.29) is 12.6 Å². The molecule has 17 heavy (non-hydrogen) atoms. The normalized spacial score (nSPS) is 12.5. The fraction of sp³-hybridized carbons (Fsp3) is 0.333. The lowest BCUT2D eigenvalue weighted by Crippen LogP contribution is -2.15. The van der Waals surface area contributed by atoms with Gasteiger partial charge in [0.25, 0.3) is 0 Å². The molecule has 0 bridgehead atoms. The van der Waals surface area contributed by atoms with E-state index in [4.69, 9.17) is 34.1 Å². The van der Waals surface area contributed by atoms with Crippen LogP contribution in [0.5, 0.6) is 0 Å². The second kappa shape index (κ2) is 6.52. The highest BCUT2D eigenvalue weighted by Crippen LogP contribution is 2.17. The summed E-state index contributed by atoms with van der Waals surface area (Å²) in [7, 11) is -4.67. The van der Waals surface area contributed by atoms with Gasteiger partial charge in [-0.05, 0) is 30.2 Å². The van der Waals surface area contributed by atoms with Crippen LogP contribution in [0.4, 0.5) is 5.69 Å². The number of rotatable bonds is 2. The first-order valence-electron chi connectivity index (χ1n) is 4.57. The van der Waals surface area contributed by atoms with Crippen LogP contribution in [0.15, 0.2) is 18.2 Å². The third-order valence-corrected chi connectivity index (χ3v) is 1.89. The van der Waals surface area contributed by atoms with Gasteiger partial charge in [-0.15, -0.1) is 0 Å². The van der Waals surface area contributed by atoms with Gasteiger partial charge in [-0.2, -0.15) is 8.42 Å². The molecule has 8 heteroatoms. The fourth-order valence-electron chi connectivity index (χ4n) is 1.21. The Balaban J connectivity index is 0.000000437. The van der Waals surface area contributed by atoms with Crippen LogP contribution in [0.1, 0.15) is 17.2 Å². The Bertz CT molecular complexity index is 452. The van der Waals surface area contributed by atoms with E-state index >= 15 is 0 Å². The highest BCUT2D eigenvalue weighted by atomic mass is 32.3. The van der Waals surface area contributed by atoms with E-state index in [1.807, 2.05) is 19.1 Å². The molecular formula is C9H16N2O5S. The molecule has 98 valence electrons. The Labute approximate surface area is 99.6 Å². The molecule has 1 rings (SSSR count). The van der Waals surface area contributed by atoms with E-state index in [1.165, 1.54) is 0 Å². The molecule has 7 N–H and O–H groups in total. The SMILES string of the molecule is Cc1cc(N)ccc1C(N)CO.O=S(=O)(O)O. The topological polar surface area (TPSA) is 147 Å². The quantitative estimate of drug-likeness (QED) is 0.370. The second-order valence-corrected chi connectivity index (χ2v) is 4.25. The molecular weight excluding hydrogens is 248 g/mol. The molecule has 0 heterocycles. The fourth-order valence-corrected chi connectivity index (χ4v) is 1.21. The lowest BCUT2D eigenvalue weighted by molar-refractivity contribution is 0.267. The molecule has 0 aliphatic heterocycles. The van der Waals surface area contributed by atoms with E-state index in [0.717, 1.165) is 16.8 Å². The monoisotopic (exact) mass is 264 g/mol. The molecule has 0 spiro atoms. The van der Waals surface area contributed by atoms with Gasteiger partial charge in [-0.25, -0.2) is 0 Å². The molecule has 0 aromatic heterocycles. The number of aryl methyl sites for hydroxylation is 1. The van der Waals surface area contributed by atoms with Crippen LogP contribution >= 0.6 is 0 Å². The minimum absolute atomic E-state index is 0.0369. The van der Waals surface area contributed by atoms with Gasteiger partial charge in [-0.1, -0.05) is 6.07 Å². The number of nitrogen functional groups attached to an aromatic ring is 1. The zero-order valence-corrected chi connectivity index (χ0v) is 10.1. The number of aliphatic hydroxyl groups excluding tert-OH is 1. The van der Waals surface area contributed by atoms with Crippen molar-refractivity contribution >= 4 is 16.1 Å². The smallest absolute Gasteiger partial charge is 0.394 e. The third kappa shape index (κ3) is 7.66. The van der Waals surface area contributed by atoms with Crippen molar-refractivity contribution in [1.82, 2.24) is 0 Å². The van der Waals surface area contributed by atoms with E-state index < -0.39 is 10.4 Å². The molecule has 1 unspecified atom stereocenters. The number of aliphatic hydroxyl groups is 1. The Morgan fingerprint density at radius 1 is 1.35 bits per heavy atom. The summed E-state index contributed by atoms with van der Waals surface area (Å²) < 4.78 is 31.6. The minimum atomic E-state index is -4.67. The van der Waals surface area contributed by atoms with Crippen molar-refractivity contribution in [3.63, 3.8) is 0 Å². The Hall–Kier alpha value is -1.19. The van der Waals surface area contributed by atoms with Crippen molar-refractivity contribution in [1.29, 1.82) is 0 Å². The zero-order valence-electron chi connectivity index (χ0n) is 9.24. The molecule has 0 radical (unpaired) electrons. The van der Waals surface area contributed by atoms with Crippen LogP contribution in [0.3, 0.4) is 0 Å². The lowest BCUT2D eigenvalue weighted by atomic mass is 10.0. The molecule has 0 amide bonds. The third-order valence-electron chi connectivity index (χ3n) is 1.89. The minimum Gasteiger partial charge on any atom is -0.399 e. The van der Waals surface area contributed by atoms with Gasteiger partial charge in [0.05, 0.1) is 12.6 Å². The summed E-state index contributed by atoms with van der Waals surface area (Å²) in [5.74, 6) is 0. The molecule has 0 aliphatic carbocycles. The first-order chi connectivity index (χ1) is 7.65. The first kappa shape index (κ1) is 15.8. The lowest BCUT2D eigenvalue weighted by Gasteiger charge is -2.11. The van der Waals surface area contributed by atoms with Crippen LogP contribution in [0.2, 0.25) is 0 Å². The summed E-state index contributed by atoms with van der Waals surface area (Å²) in [6.45, 7) is 1.89. The maximum atomic E-state index is 8.83. The highest BCUT2D eigenvalue weighted by molar-refractivity contribution is 7.79. The Kier molecular flexibility index (Phi) is 6.07. The summed E-state index contributed by atoms with van der Waals surface area (Å²) in [5.41, 5.74) is 13.9. The Morgan fingerprint density at radius 2 is 1.82 bits per heavy atom. The van der Waals surface area contributed by atoms with Crippen molar-refractivity contribution in [3.05, 3.63) is 29.3 Å². The predicted octanol–water partition coefficient (Wildman–Crippen LogP) is -0.0835. The molecule has 1 aromatic carbocycles. The van der Waals surface area contributed by atoms with Gasteiger partial charge >= 0.3 is 10.4 Å². The van der Waals surface area contributed by atoms with Gasteiger partial charge in [0.2, 0.25) is 0 Å². The van der Waals surface area contributed by atoms with Gasteiger partial charge in [0, 0.05) is 5.69 Å². The molecule has 0 saturated heterocycles. The standard InChI is InChI=1S/C9H14N2O.H2O4S/c1-6-4-7(10)2-3-8(6)9(11)5-12;1-5(2,3)4/h2-4,9,12H,5,10-11H2,1H3;(H2,1,2,3,4). The largest absolute Gasteiger partial charge is 0.399 e. The highest BCUT2D eigenvalue weighted by Gasteiger charge is 2.06. The van der Waals surface area contributed by atoms with Crippen LogP contribution in [0, 0.1) is 6.92 Å². The summed E-state index contributed by atoms with van der Waals surface area (Å²) >= 11 is 0. The van der Waals surface area contributed by atoms with E-state index in [1.54, 1.807) is 6.07 Å². The van der Waals surface area contributed by atoms with Crippen molar-refractivity contribution in [2.75, 3.05) is 12.3 Å². The maximum absolute atomic E-state index is 8.83. The summed E-state index contributed by atoms with van der Waals surface area (Å²) in [6.07, 6.45) is 0. The number of anilines is 1. The summed E-state index contributed by atoms with van der Waals surface area (Å²) in [6, 6.07) is 5.19. The molecule has 1 aromatic rings. The van der Waals surface area contributed by atoms with Crippen molar-refractivity contribution in [2.45, 2.75) is 13.0 Å². The maximum Gasteiger partial charge on any atom is 0.394 e. The van der Waals surface area contributed by atoms with Crippen LogP contribution < -0.4 is 11.5 Å². The van der Waals surface area contributed by atoms with E-state index in [9.17, 15) is 0 Å². The first-order valence-corrected chi connectivity index (χ1v) is 5.97. The Morgan fingerprint density at radius 3 is 2.18 bits per heavy atom. The average Bonchev–Trinajstić information content (AvgIpc) is 2.14. The van der Waals surface area contributed by atoms with Crippen molar-refractivity contribution in [3.8, 4) is 0 Å². The van der Waals surface area contributed by atoms with E-state index in [2.05, 4.69) is 0 Å². The number of nitrogens with two attached hydrogens (primary N) is 2. The molecule has 1 atom stereocenters. The van der Waals surface area contributed by atoms with Gasteiger partial charge in [0.15, 0.2) is 0 Å². The van der Waals surface area contributed by atoms with E-state index in [0.29, 0.717) is 0 Å². The zero-order chi connectivity index (χ0) is 13.6. The number of hydrogen-bond acceptors (Lipinski definition) is 5. The van der Waals surface area contributed by atoms with Crippen molar-refractivity contribution < 1.29 is 22.6 Å². The van der Waals surface area contributed by atoms with Crippen LogP contribution in [-0.4, -0.2) is 29.2 Å². The summed E-state index contributed by atoms with van der Waals surface area (Å²) in [4.78, 5) is 0. The van der Waals surface area contributed by atoms with Crippen LogP contribution in [-0.2, 0) is 10.4 Å². The van der Waals surface area contributed by atoms with Gasteiger partial charge in [-0.3, -0.25) is 9.11 Å². The van der Waals surface area contributed by atoms with Crippen LogP contribution in [0.25, 0.3) is 0 Å². The van der Waals surface area contributed by atoms with Gasteiger partial charge < -0.3 is 16.6 Å². The van der Waals surface area contributed by atoms with Gasteiger partial charge in [0.1, 0.15) is 0 Å². The molecule has 0 saturated carbocycles.